The molecule has 0 fully saturated rings. The van der Waals surface area contributed by atoms with Gasteiger partial charge in [-0.15, -0.1) is 0 Å². The summed E-state index contributed by atoms with van der Waals surface area (Å²) in [6.07, 6.45) is 45.2. The average Bonchev–Trinajstić information content (AvgIpc) is 3.19. The van der Waals surface area contributed by atoms with E-state index in [1.165, 1.54) is 173 Å². The van der Waals surface area contributed by atoms with Gasteiger partial charge in [-0.05, 0) is 38.5 Å². The third kappa shape index (κ3) is 46.1. The number of likely N-dealkylation sites (N-methyl/N-ethyl adjacent to an activating group) is 1. The summed E-state index contributed by atoms with van der Waals surface area (Å²) in [5.41, 5.74) is 0. The number of rotatable bonds is 46. The van der Waals surface area contributed by atoms with Gasteiger partial charge in [0.1, 0.15) is 19.8 Å². The number of hydrogen-bond donors (Lipinski definition) is 0. The standard InChI is InChI=1S/C49H96NO8P/c1-6-8-10-12-14-16-18-20-22-24-26-28-30-32-34-36-38-40-42-49(52)58-47(46-57-59(53,54)56-44-43-50(3,4)5)45-55-48(51)41-39-37-35-33-31-29-27-25-23-21-19-17-15-13-11-9-7-2/h17,19,47H,6-16,18,20-46H2,1-5H3/b19-17+/t47-/m1/s1. The lowest BCUT2D eigenvalue weighted by Crippen LogP contribution is -2.37. The molecule has 0 saturated heterocycles. The summed E-state index contributed by atoms with van der Waals surface area (Å²) in [4.78, 5) is 37.7. The Morgan fingerprint density at radius 3 is 1.27 bits per heavy atom. The number of hydrogen-bond acceptors (Lipinski definition) is 8. The summed E-state index contributed by atoms with van der Waals surface area (Å²) >= 11 is 0. The van der Waals surface area contributed by atoms with E-state index in [2.05, 4.69) is 26.0 Å². The molecule has 2 atom stereocenters. The molecule has 0 bridgehead atoms. The van der Waals surface area contributed by atoms with Crippen LogP contribution in [-0.2, 0) is 32.7 Å². The third-order valence-corrected chi connectivity index (χ3v) is 12.0. The molecule has 0 aliphatic heterocycles. The van der Waals surface area contributed by atoms with Gasteiger partial charge in [-0.1, -0.05) is 199 Å². The lowest BCUT2D eigenvalue weighted by Gasteiger charge is -2.28. The Bertz CT molecular complexity index is 1020. The van der Waals surface area contributed by atoms with Crippen molar-refractivity contribution in [2.45, 2.75) is 245 Å². The van der Waals surface area contributed by atoms with E-state index in [9.17, 15) is 19.0 Å². The van der Waals surface area contributed by atoms with Crippen LogP contribution in [0.25, 0.3) is 0 Å². The van der Waals surface area contributed by atoms with E-state index in [-0.39, 0.29) is 32.0 Å². The van der Waals surface area contributed by atoms with E-state index in [1.807, 2.05) is 21.1 Å². The molecular formula is C49H96NO8P. The highest BCUT2D eigenvalue weighted by atomic mass is 31.2. The largest absolute Gasteiger partial charge is 0.756 e. The Hall–Kier alpha value is -1.25. The monoisotopic (exact) mass is 858 g/mol. The molecule has 0 aliphatic rings. The molecule has 0 amide bonds. The first-order chi connectivity index (χ1) is 28.5. The molecule has 0 aliphatic carbocycles. The number of phosphoric ester groups is 1. The molecule has 1 unspecified atom stereocenters. The Labute approximate surface area is 365 Å². The van der Waals surface area contributed by atoms with Crippen molar-refractivity contribution in [2.75, 3.05) is 47.5 Å². The molecule has 0 aromatic carbocycles. The second-order valence-electron chi connectivity index (χ2n) is 18.2. The van der Waals surface area contributed by atoms with E-state index in [0.717, 1.165) is 32.1 Å². The maximum Gasteiger partial charge on any atom is 0.306 e. The fraction of sp³-hybridized carbons (Fsp3) is 0.918. The highest BCUT2D eigenvalue weighted by Crippen LogP contribution is 2.38. The summed E-state index contributed by atoms with van der Waals surface area (Å²) < 4.78 is 34.0. The van der Waals surface area contributed by atoms with Crippen molar-refractivity contribution in [1.29, 1.82) is 0 Å². The minimum absolute atomic E-state index is 0.0275. The van der Waals surface area contributed by atoms with Crippen LogP contribution in [0.15, 0.2) is 12.2 Å². The summed E-state index contributed by atoms with van der Waals surface area (Å²) in [7, 11) is 1.18. The van der Waals surface area contributed by atoms with Crippen LogP contribution in [0.4, 0.5) is 0 Å². The van der Waals surface area contributed by atoms with Gasteiger partial charge in [-0.2, -0.15) is 0 Å². The molecule has 0 rings (SSSR count). The molecule has 0 aromatic heterocycles. The molecule has 350 valence electrons. The lowest BCUT2D eigenvalue weighted by molar-refractivity contribution is -0.870. The molecule has 0 heterocycles. The number of carbonyl (C=O) groups is 2. The topological polar surface area (TPSA) is 111 Å². The van der Waals surface area contributed by atoms with Crippen molar-refractivity contribution < 1.29 is 42.1 Å². The van der Waals surface area contributed by atoms with Gasteiger partial charge in [0.15, 0.2) is 6.10 Å². The van der Waals surface area contributed by atoms with Crippen LogP contribution >= 0.6 is 7.82 Å². The predicted molar refractivity (Wildman–Crippen MR) is 245 cm³/mol. The Kier molecular flexibility index (Phi) is 41.2. The number of ether oxygens (including phenoxy) is 2. The van der Waals surface area contributed by atoms with Crippen LogP contribution in [0.1, 0.15) is 239 Å². The van der Waals surface area contributed by atoms with Crippen molar-refractivity contribution in [3.05, 3.63) is 12.2 Å². The normalized spacial score (nSPS) is 13.5. The second kappa shape index (κ2) is 42.1. The van der Waals surface area contributed by atoms with Gasteiger partial charge in [-0.3, -0.25) is 14.2 Å². The number of carbonyl (C=O) groups excluding carboxylic acids is 2. The van der Waals surface area contributed by atoms with Gasteiger partial charge >= 0.3 is 11.9 Å². The zero-order valence-corrected chi connectivity index (χ0v) is 40.4. The van der Waals surface area contributed by atoms with E-state index in [0.29, 0.717) is 17.4 Å². The molecule has 10 heteroatoms. The number of phosphoric acid groups is 1. The van der Waals surface area contributed by atoms with Crippen LogP contribution < -0.4 is 4.89 Å². The first-order valence-electron chi connectivity index (χ1n) is 24.9. The first kappa shape index (κ1) is 57.8. The number of quaternary nitrogens is 1. The van der Waals surface area contributed by atoms with Gasteiger partial charge < -0.3 is 27.9 Å². The van der Waals surface area contributed by atoms with Crippen LogP contribution in [0.5, 0.6) is 0 Å². The van der Waals surface area contributed by atoms with E-state index < -0.39 is 26.5 Å². The third-order valence-electron chi connectivity index (χ3n) is 11.0. The first-order valence-corrected chi connectivity index (χ1v) is 26.4. The van der Waals surface area contributed by atoms with Crippen molar-refractivity contribution in [3.63, 3.8) is 0 Å². The molecule has 0 aromatic rings. The van der Waals surface area contributed by atoms with Gasteiger partial charge in [0, 0.05) is 12.8 Å². The van der Waals surface area contributed by atoms with Crippen LogP contribution in [0, 0.1) is 0 Å². The maximum atomic E-state index is 12.7. The van der Waals surface area contributed by atoms with Crippen LogP contribution in [-0.4, -0.2) is 70.0 Å². The number of unbranched alkanes of at least 4 members (excludes halogenated alkanes) is 30. The van der Waals surface area contributed by atoms with Gasteiger partial charge in [0.2, 0.25) is 0 Å². The fourth-order valence-corrected chi connectivity index (χ4v) is 7.85. The zero-order chi connectivity index (χ0) is 43.6. The minimum Gasteiger partial charge on any atom is -0.756 e. The van der Waals surface area contributed by atoms with E-state index in [4.69, 9.17) is 18.5 Å². The Morgan fingerprint density at radius 2 is 0.864 bits per heavy atom. The molecular weight excluding hydrogens is 762 g/mol. The van der Waals surface area contributed by atoms with Crippen molar-refractivity contribution in [2.24, 2.45) is 0 Å². The molecule has 0 spiro atoms. The lowest BCUT2D eigenvalue weighted by atomic mass is 10.0. The van der Waals surface area contributed by atoms with Gasteiger partial charge in [0.05, 0.1) is 27.7 Å². The SMILES string of the molecule is CCCCCC/C=C/CCCCCCCCCCCC(=O)OC[C@H](COP(=O)([O-])OCC[N+](C)(C)C)OC(=O)CCCCCCCCCCCCCCCCCCCC. The maximum absolute atomic E-state index is 12.7. The number of nitrogens with zero attached hydrogens (tertiary/aromatic N) is 1. The molecule has 9 nitrogen and oxygen atoms in total. The van der Waals surface area contributed by atoms with Crippen molar-refractivity contribution in [1.82, 2.24) is 0 Å². The highest BCUT2D eigenvalue weighted by Gasteiger charge is 2.21. The minimum atomic E-state index is -4.62. The second-order valence-corrected chi connectivity index (χ2v) is 19.6. The van der Waals surface area contributed by atoms with Crippen LogP contribution in [0.2, 0.25) is 0 Å². The van der Waals surface area contributed by atoms with Gasteiger partial charge in [-0.25, -0.2) is 0 Å². The smallest absolute Gasteiger partial charge is 0.306 e. The number of allylic oxidation sites excluding steroid dienone is 2. The van der Waals surface area contributed by atoms with Crippen LogP contribution in [0.3, 0.4) is 0 Å². The molecule has 0 saturated carbocycles. The fourth-order valence-electron chi connectivity index (χ4n) is 7.12. The number of esters is 2. The molecule has 0 radical (unpaired) electrons. The highest BCUT2D eigenvalue weighted by molar-refractivity contribution is 7.45. The summed E-state index contributed by atoms with van der Waals surface area (Å²) in [5, 5.41) is 0. The zero-order valence-electron chi connectivity index (χ0n) is 39.5. The summed E-state index contributed by atoms with van der Waals surface area (Å²) in [5.74, 6) is -0.822. The van der Waals surface area contributed by atoms with E-state index in [1.54, 1.807) is 0 Å². The van der Waals surface area contributed by atoms with E-state index >= 15 is 0 Å². The Morgan fingerprint density at radius 1 is 0.508 bits per heavy atom. The van der Waals surface area contributed by atoms with Gasteiger partial charge in [0.25, 0.3) is 7.82 Å². The summed E-state index contributed by atoms with van der Waals surface area (Å²) in [6, 6.07) is 0. The Balaban J connectivity index is 4.24. The predicted octanol–water partition coefficient (Wildman–Crippen LogP) is 13.9. The quantitative estimate of drug-likeness (QED) is 0.0196. The van der Waals surface area contributed by atoms with Crippen molar-refractivity contribution >= 4 is 19.8 Å². The average molecular weight is 858 g/mol. The van der Waals surface area contributed by atoms with Crippen molar-refractivity contribution in [3.8, 4) is 0 Å². The molecule has 59 heavy (non-hydrogen) atoms. The molecule has 0 N–H and O–H groups in total. The summed E-state index contributed by atoms with van der Waals surface area (Å²) in [6.45, 7) is 4.26.